The van der Waals surface area contributed by atoms with Crippen LogP contribution in [0.2, 0.25) is 0 Å². The summed E-state index contributed by atoms with van der Waals surface area (Å²) < 4.78 is 0. The monoisotopic (exact) mass is 163 g/mol. The zero-order valence-electron chi connectivity index (χ0n) is 8.94. The van der Waals surface area contributed by atoms with Crippen LogP contribution in [-0.2, 0) is 0 Å². The molecule has 0 aliphatic rings. The summed E-state index contributed by atoms with van der Waals surface area (Å²) in [4.78, 5) is 0. The molecule has 0 radical (unpaired) electrons. The molecule has 0 aromatic rings. The second kappa shape index (κ2) is 22.5. The Morgan fingerprint density at radius 3 is 1.55 bits per heavy atom. The summed E-state index contributed by atoms with van der Waals surface area (Å²) in [6, 6.07) is 0.493. The maximum Gasteiger partial charge on any atom is 0.0556 e. The van der Waals surface area contributed by atoms with E-state index in [1.165, 1.54) is 0 Å². The molecule has 0 aliphatic heterocycles. The van der Waals surface area contributed by atoms with Gasteiger partial charge in [0.25, 0.3) is 0 Å². The molecule has 2 N–H and O–H groups in total. The minimum atomic E-state index is 0.234. The third kappa shape index (κ3) is 40.5. The summed E-state index contributed by atoms with van der Waals surface area (Å²) in [7, 11) is 0. The van der Waals surface area contributed by atoms with E-state index in [1.807, 2.05) is 27.7 Å². The minimum absolute atomic E-state index is 0.234. The van der Waals surface area contributed by atoms with Crippen molar-refractivity contribution >= 4 is 0 Å². The Kier molecular flexibility index (Phi) is 35.1. The van der Waals surface area contributed by atoms with Gasteiger partial charge in [-0.15, -0.1) is 0 Å². The molecule has 0 rings (SSSR count). The number of aliphatic hydroxyl groups is 1. The lowest BCUT2D eigenvalue weighted by molar-refractivity contribution is 0.287. The van der Waals surface area contributed by atoms with Crippen molar-refractivity contribution in [3.63, 3.8) is 0 Å². The predicted molar refractivity (Wildman–Crippen MR) is 52.9 cm³/mol. The van der Waals surface area contributed by atoms with Gasteiger partial charge in [0.1, 0.15) is 0 Å². The van der Waals surface area contributed by atoms with Crippen LogP contribution in [0.5, 0.6) is 0 Å². The van der Waals surface area contributed by atoms with Crippen molar-refractivity contribution in [1.29, 1.82) is 0 Å². The zero-order valence-corrected chi connectivity index (χ0v) is 8.94. The third-order valence-corrected chi connectivity index (χ3v) is 0.664. The minimum Gasteiger partial charge on any atom is -0.395 e. The van der Waals surface area contributed by atoms with Crippen LogP contribution in [0.3, 0.4) is 0 Å². The lowest BCUT2D eigenvalue weighted by Gasteiger charge is -2.03. The van der Waals surface area contributed by atoms with Gasteiger partial charge in [0.05, 0.1) is 6.61 Å². The maximum absolute atomic E-state index is 8.25. The van der Waals surface area contributed by atoms with Crippen LogP contribution in [0.1, 0.15) is 41.5 Å². The van der Waals surface area contributed by atoms with Crippen LogP contribution in [-0.4, -0.2) is 24.3 Å². The summed E-state index contributed by atoms with van der Waals surface area (Å²) >= 11 is 0. The first-order valence-corrected chi connectivity index (χ1v) is 4.61. The van der Waals surface area contributed by atoms with E-state index in [4.69, 9.17) is 5.11 Å². The van der Waals surface area contributed by atoms with Gasteiger partial charge in [-0.25, -0.2) is 0 Å². The fourth-order valence-corrected chi connectivity index (χ4v) is 0.353. The van der Waals surface area contributed by atoms with E-state index < -0.39 is 0 Å². The van der Waals surface area contributed by atoms with Gasteiger partial charge in [-0.1, -0.05) is 41.5 Å². The van der Waals surface area contributed by atoms with Crippen molar-refractivity contribution in [1.82, 2.24) is 5.32 Å². The molecule has 0 aromatic carbocycles. The molecule has 0 saturated carbocycles. The molecule has 0 unspecified atom stereocenters. The van der Waals surface area contributed by atoms with E-state index >= 15 is 0 Å². The average Bonchev–Trinajstić information content (AvgIpc) is 2.08. The van der Waals surface area contributed by atoms with Crippen LogP contribution < -0.4 is 5.32 Å². The van der Waals surface area contributed by atoms with Gasteiger partial charge in [0.15, 0.2) is 0 Å². The molecular formula is C9H25NO. The zero-order chi connectivity index (χ0) is 9.70. The Labute approximate surface area is 72.0 Å². The number of aliphatic hydroxyl groups excluding tert-OH is 1. The standard InChI is InChI=1S/C5H13NO.2C2H6/c1-5(2)6-3-4-7;2*1-2/h5-7H,3-4H2,1-2H3;2*1-2H3. The largest absolute Gasteiger partial charge is 0.395 e. The van der Waals surface area contributed by atoms with Gasteiger partial charge in [0.2, 0.25) is 0 Å². The highest BCUT2D eigenvalue weighted by Gasteiger charge is 1.86. The highest BCUT2D eigenvalue weighted by molar-refractivity contribution is 4.49. The van der Waals surface area contributed by atoms with E-state index in [1.54, 1.807) is 0 Å². The van der Waals surface area contributed by atoms with Crippen molar-refractivity contribution in [3.8, 4) is 0 Å². The van der Waals surface area contributed by atoms with E-state index in [0.29, 0.717) is 12.6 Å². The second-order valence-electron chi connectivity index (χ2n) is 1.83. The summed E-state index contributed by atoms with van der Waals surface area (Å²) in [6.07, 6.45) is 0. The average molecular weight is 163 g/mol. The first kappa shape index (κ1) is 17.1. The molecule has 0 bridgehead atoms. The normalized spacial score (nSPS) is 7.64. The molecular weight excluding hydrogens is 138 g/mol. The van der Waals surface area contributed by atoms with Gasteiger partial charge in [0, 0.05) is 12.6 Å². The van der Waals surface area contributed by atoms with Crippen LogP contribution in [0.25, 0.3) is 0 Å². The van der Waals surface area contributed by atoms with Gasteiger partial charge in [-0.05, 0) is 0 Å². The number of nitrogens with one attached hydrogen (secondary N) is 1. The molecule has 0 spiro atoms. The first-order valence-electron chi connectivity index (χ1n) is 4.61. The Bertz CT molecular complexity index is 38.5. The maximum atomic E-state index is 8.25. The Morgan fingerprint density at radius 1 is 1.09 bits per heavy atom. The van der Waals surface area contributed by atoms with Crippen molar-refractivity contribution in [2.24, 2.45) is 0 Å². The summed E-state index contributed by atoms with van der Waals surface area (Å²) in [5, 5.41) is 11.3. The molecule has 0 aliphatic carbocycles. The third-order valence-electron chi connectivity index (χ3n) is 0.664. The molecule has 0 heterocycles. The molecule has 0 atom stereocenters. The lowest BCUT2D eigenvalue weighted by atomic mass is 10.4. The molecule has 2 nitrogen and oxygen atoms in total. The van der Waals surface area contributed by atoms with Crippen LogP contribution in [0, 0.1) is 0 Å². The predicted octanol–water partition coefficient (Wildman–Crippen LogP) is 2.03. The molecule has 0 fully saturated rings. The molecule has 0 amide bonds. The quantitative estimate of drug-likeness (QED) is 0.667. The molecule has 72 valence electrons. The molecule has 11 heavy (non-hydrogen) atoms. The van der Waals surface area contributed by atoms with E-state index in [2.05, 4.69) is 19.2 Å². The Morgan fingerprint density at radius 2 is 1.45 bits per heavy atom. The molecule has 0 aromatic heterocycles. The summed E-state index contributed by atoms with van der Waals surface area (Å²) in [5.74, 6) is 0. The Hall–Kier alpha value is -0.0800. The molecule has 2 heteroatoms. The van der Waals surface area contributed by atoms with E-state index in [9.17, 15) is 0 Å². The van der Waals surface area contributed by atoms with Crippen molar-refractivity contribution in [3.05, 3.63) is 0 Å². The van der Waals surface area contributed by atoms with Crippen molar-refractivity contribution in [2.75, 3.05) is 13.2 Å². The van der Waals surface area contributed by atoms with Crippen molar-refractivity contribution in [2.45, 2.75) is 47.6 Å². The number of hydrogen-bond acceptors (Lipinski definition) is 2. The van der Waals surface area contributed by atoms with Gasteiger partial charge >= 0.3 is 0 Å². The van der Waals surface area contributed by atoms with E-state index in [-0.39, 0.29) is 6.61 Å². The summed E-state index contributed by atoms with van der Waals surface area (Å²) in [6.45, 7) is 13.0. The number of hydrogen-bond donors (Lipinski definition) is 2. The van der Waals surface area contributed by atoms with E-state index in [0.717, 1.165) is 0 Å². The SMILES string of the molecule is CC.CC.CC(C)NCCO. The van der Waals surface area contributed by atoms with Gasteiger partial charge < -0.3 is 10.4 Å². The first-order chi connectivity index (χ1) is 5.27. The fourth-order valence-electron chi connectivity index (χ4n) is 0.353. The summed E-state index contributed by atoms with van der Waals surface area (Å²) in [5.41, 5.74) is 0. The smallest absolute Gasteiger partial charge is 0.0556 e. The lowest BCUT2D eigenvalue weighted by Crippen LogP contribution is -2.25. The van der Waals surface area contributed by atoms with Crippen LogP contribution in [0.4, 0.5) is 0 Å². The number of rotatable bonds is 3. The van der Waals surface area contributed by atoms with Crippen molar-refractivity contribution < 1.29 is 5.11 Å². The highest BCUT2D eigenvalue weighted by atomic mass is 16.3. The second-order valence-corrected chi connectivity index (χ2v) is 1.83. The highest BCUT2D eigenvalue weighted by Crippen LogP contribution is 1.71. The van der Waals surface area contributed by atoms with Crippen LogP contribution >= 0.6 is 0 Å². The fraction of sp³-hybridized carbons (Fsp3) is 1.00. The topological polar surface area (TPSA) is 32.3 Å². The van der Waals surface area contributed by atoms with Gasteiger partial charge in [-0.3, -0.25) is 0 Å². The van der Waals surface area contributed by atoms with Gasteiger partial charge in [-0.2, -0.15) is 0 Å². The molecule has 0 saturated heterocycles. The Balaban J connectivity index is -0.000000138. The van der Waals surface area contributed by atoms with Crippen LogP contribution in [0.15, 0.2) is 0 Å².